The van der Waals surface area contributed by atoms with Crippen molar-refractivity contribution in [3.8, 4) is 5.75 Å². The maximum atomic E-state index is 12.5. The number of nitrogens with zero attached hydrogens (tertiary/aromatic N) is 2. The first-order valence-electron chi connectivity index (χ1n) is 10.6. The van der Waals surface area contributed by atoms with Crippen molar-refractivity contribution in [3.63, 3.8) is 0 Å². The minimum atomic E-state index is -0.621. The molecule has 2 aromatic carbocycles. The fourth-order valence-corrected chi connectivity index (χ4v) is 3.55. The predicted molar refractivity (Wildman–Crippen MR) is 120 cm³/mol. The molecule has 1 fully saturated rings. The van der Waals surface area contributed by atoms with Crippen LogP contribution in [0.3, 0.4) is 0 Å². The topological polar surface area (TPSA) is 82.1 Å². The van der Waals surface area contributed by atoms with Crippen LogP contribution in [-0.2, 0) is 16.0 Å². The zero-order valence-electron chi connectivity index (χ0n) is 18.2. The molecule has 166 valence electrons. The Morgan fingerprint density at radius 2 is 1.68 bits per heavy atom. The lowest BCUT2D eigenvalue weighted by atomic mass is 10.1. The van der Waals surface area contributed by atoms with Gasteiger partial charge in [0.15, 0.2) is 0 Å². The molecule has 1 aliphatic rings. The standard InChI is InChI=1S/C24H31N3O4/c1-18-3-5-20(6-4-18)15-24(30)27-13-11-26(12-14-27)16-22(29)17-31-23-9-7-21(8-10-23)25-19(2)28/h3-10,22,29H,11-17H2,1-2H3,(H,25,28). The molecule has 1 saturated heterocycles. The summed E-state index contributed by atoms with van der Waals surface area (Å²) in [6.07, 6.45) is -0.192. The smallest absolute Gasteiger partial charge is 0.227 e. The number of nitrogens with one attached hydrogen (secondary N) is 1. The van der Waals surface area contributed by atoms with Crippen molar-refractivity contribution in [2.24, 2.45) is 0 Å². The molecule has 0 radical (unpaired) electrons. The van der Waals surface area contributed by atoms with Crippen LogP contribution in [0.1, 0.15) is 18.1 Å². The van der Waals surface area contributed by atoms with E-state index in [-0.39, 0.29) is 18.4 Å². The summed E-state index contributed by atoms with van der Waals surface area (Å²) in [6, 6.07) is 15.1. The molecule has 0 saturated carbocycles. The number of amides is 2. The summed E-state index contributed by atoms with van der Waals surface area (Å²) < 4.78 is 5.65. The number of carbonyl (C=O) groups excluding carboxylic acids is 2. The van der Waals surface area contributed by atoms with E-state index in [1.807, 2.05) is 36.1 Å². The number of aryl methyl sites for hydroxylation is 1. The Bertz CT molecular complexity index is 859. The number of rotatable bonds is 8. The van der Waals surface area contributed by atoms with Crippen LogP contribution in [0.4, 0.5) is 5.69 Å². The van der Waals surface area contributed by atoms with Gasteiger partial charge >= 0.3 is 0 Å². The van der Waals surface area contributed by atoms with Gasteiger partial charge in [0.05, 0.1) is 6.42 Å². The molecular formula is C24H31N3O4. The lowest BCUT2D eigenvalue weighted by Crippen LogP contribution is -2.51. The number of carbonyl (C=O) groups is 2. The van der Waals surface area contributed by atoms with Gasteiger partial charge in [0.25, 0.3) is 0 Å². The van der Waals surface area contributed by atoms with Crippen LogP contribution in [0.2, 0.25) is 0 Å². The molecule has 1 atom stereocenters. The molecule has 7 nitrogen and oxygen atoms in total. The van der Waals surface area contributed by atoms with Gasteiger partial charge < -0.3 is 20.1 Å². The van der Waals surface area contributed by atoms with E-state index < -0.39 is 6.10 Å². The van der Waals surface area contributed by atoms with Crippen LogP contribution in [0.25, 0.3) is 0 Å². The van der Waals surface area contributed by atoms with Crippen molar-refractivity contribution in [3.05, 3.63) is 59.7 Å². The van der Waals surface area contributed by atoms with E-state index in [2.05, 4.69) is 10.2 Å². The van der Waals surface area contributed by atoms with E-state index in [9.17, 15) is 14.7 Å². The first-order chi connectivity index (χ1) is 14.9. The van der Waals surface area contributed by atoms with Gasteiger partial charge in [0.2, 0.25) is 11.8 Å². The van der Waals surface area contributed by atoms with Crippen LogP contribution in [-0.4, -0.2) is 72.2 Å². The highest BCUT2D eigenvalue weighted by Gasteiger charge is 2.22. The van der Waals surface area contributed by atoms with E-state index in [4.69, 9.17) is 4.74 Å². The summed E-state index contributed by atoms with van der Waals surface area (Å²) in [7, 11) is 0. The summed E-state index contributed by atoms with van der Waals surface area (Å²) in [5, 5.41) is 13.0. The second-order valence-electron chi connectivity index (χ2n) is 8.01. The average molecular weight is 426 g/mol. The first-order valence-corrected chi connectivity index (χ1v) is 10.6. The van der Waals surface area contributed by atoms with Crippen molar-refractivity contribution in [2.45, 2.75) is 26.4 Å². The second-order valence-corrected chi connectivity index (χ2v) is 8.01. The highest BCUT2D eigenvalue weighted by atomic mass is 16.5. The van der Waals surface area contributed by atoms with Crippen molar-refractivity contribution < 1.29 is 19.4 Å². The number of aliphatic hydroxyl groups is 1. The molecule has 1 unspecified atom stereocenters. The SMILES string of the molecule is CC(=O)Nc1ccc(OCC(O)CN2CCN(C(=O)Cc3ccc(C)cc3)CC2)cc1. The third kappa shape index (κ3) is 7.38. The van der Waals surface area contributed by atoms with Crippen LogP contribution in [0.15, 0.2) is 48.5 Å². The summed E-state index contributed by atoms with van der Waals surface area (Å²) in [4.78, 5) is 27.6. The number of benzene rings is 2. The summed E-state index contributed by atoms with van der Waals surface area (Å²) in [5.41, 5.74) is 2.93. The number of ether oxygens (including phenoxy) is 1. The number of hydrogen-bond donors (Lipinski definition) is 2. The molecule has 0 bridgehead atoms. The van der Waals surface area contributed by atoms with Gasteiger partial charge in [0.1, 0.15) is 18.5 Å². The number of hydrogen-bond acceptors (Lipinski definition) is 5. The molecule has 2 amide bonds. The lowest BCUT2D eigenvalue weighted by Gasteiger charge is -2.35. The van der Waals surface area contributed by atoms with E-state index in [1.54, 1.807) is 24.3 Å². The van der Waals surface area contributed by atoms with Crippen molar-refractivity contribution >= 4 is 17.5 Å². The summed E-state index contributed by atoms with van der Waals surface area (Å²) in [6.45, 7) is 7.00. The molecule has 0 aliphatic carbocycles. The normalized spacial score (nSPS) is 15.4. The number of aliphatic hydroxyl groups excluding tert-OH is 1. The molecule has 2 aromatic rings. The van der Waals surface area contributed by atoms with Gasteiger partial charge in [-0.25, -0.2) is 0 Å². The van der Waals surface area contributed by atoms with Crippen molar-refractivity contribution in [1.29, 1.82) is 0 Å². The lowest BCUT2D eigenvalue weighted by molar-refractivity contribution is -0.132. The Labute approximate surface area is 183 Å². The van der Waals surface area contributed by atoms with Crippen molar-refractivity contribution in [1.82, 2.24) is 9.80 Å². The van der Waals surface area contributed by atoms with E-state index in [1.165, 1.54) is 12.5 Å². The maximum Gasteiger partial charge on any atom is 0.227 e. The van der Waals surface area contributed by atoms with Gasteiger partial charge in [-0.1, -0.05) is 29.8 Å². The van der Waals surface area contributed by atoms with Crippen molar-refractivity contribution in [2.75, 3.05) is 44.6 Å². The van der Waals surface area contributed by atoms with Gasteiger partial charge in [-0.3, -0.25) is 14.5 Å². The van der Waals surface area contributed by atoms with Crippen LogP contribution in [0, 0.1) is 6.92 Å². The Morgan fingerprint density at radius 3 is 2.29 bits per heavy atom. The zero-order valence-corrected chi connectivity index (χ0v) is 18.2. The van der Waals surface area contributed by atoms with Crippen LogP contribution in [0.5, 0.6) is 5.75 Å². The van der Waals surface area contributed by atoms with Gasteiger partial charge in [-0.15, -0.1) is 0 Å². The number of anilines is 1. The van der Waals surface area contributed by atoms with Crippen LogP contribution >= 0.6 is 0 Å². The Balaban J connectivity index is 1.36. The van der Waals surface area contributed by atoms with Gasteiger partial charge in [0, 0.05) is 45.3 Å². The monoisotopic (exact) mass is 425 g/mol. The van der Waals surface area contributed by atoms with E-state index in [0.717, 1.165) is 18.7 Å². The molecular weight excluding hydrogens is 394 g/mol. The minimum Gasteiger partial charge on any atom is -0.491 e. The van der Waals surface area contributed by atoms with Gasteiger partial charge in [-0.2, -0.15) is 0 Å². The largest absolute Gasteiger partial charge is 0.491 e. The number of β-amino-alcohol motifs (C(OH)–C–C–N with tert-alkyl or cyclic N) is 1. The second kappa shape index (κ2) is 10.9. The Morgan fingerprint density at radius 1 is 1.03 bits per heavy atom. The molecule has 3 rings (SSSR count). The first kappa shape index (κ1) is 22.8. The summed E-state index contributed by atoms with van der Waals surface area (Å²) in [5.74, 6) is 0.663. The minimum absolute atomic E-state index is 0.124. The Kier molecular flexibility index (Phi) is 8.03. The van der Waals surface area contributed by atoms with Crippen LogP contribution < -0.4 is 10.1 Å². The number of piperazine rings is 1. The molecule has 7 heteroatoms. The van der Waals surface area contributed by atoms with Gasteiger partial charge in [-0.05, 0) is 36.8 Å². The Hall–Kier alpha value is -2.90. The summed E-state index contributed by atoms with van der Waals surface area (Å²) >= 11 is 0. The maximum absolute atomic E-state index is 12.5. The van der Waals surface area contributed by atoms with E-state index >= 15 is 0 Å². The molecule has 31 heavy (non-hydrogen) atoms. The molecule has 2 N–H and O–H groups in total. The zero-order chi connectivity index (χ0) is 22.2. The third-order valence-electron chi connectivity index (χ3n) is 5.29. The highest BCUT2D eigenvalue weighted by molar-refractivity contribution is 5.88. The highest BCUT2D eigenvalue weighted by Crippen LogP contribution is 2.16. The molecule has 0 spiro atoms. The predicted octanol–water partition coefficient (Wildman–Crippen LogP) is 2.08. The molecule has 0 aromatic heterocycles. The quantitative estimate of drug-likeness (QED) is 0.677. The fraction of sp³-hybridized carbons (Fsp3) is 0.417. The fourth-order valence-electron chi connectivity index (χ4n) is 3.55. The molecule has 1 aliphatic heterocycles. The van der Waals surface area contributed by atoms with E-state index in [0.29, 0.717) is 37.5 Å². The molecule has 1 heterocycles. The third-order valence-corrected chi connectivity index (χ3v) is 5.29. The average Bonchev–Trinajstić information content (AvgIpc) is 2.75.